The van der Waals surface area contributed by atoms with Crippen LogP contribution in [0.15, 0.2) is 11.6 Å². The molecule has 5 heteroatoms. The van der Waals surface area contributed by atoms with Crippen molar-refractivity contribution in [3.8, 4) is 0 Å². The minimum atomic E-state index is -0.570. The van der Waals surface area contributed by atoms with Gasteiger partial charge in [0.1, 0.15) is 11.6 Å². The maximum Gasteiger partial charge on any atom is 0.408 e. The van der Waals surface area contributed by atoms with E-state index < -0.39 is 17.7 Å². The van der Waals surface area contributed by atoms with E-state index in [2.05, 4.69) is 18.3 Å². The van der Waals surface area contributed by atoms with Crippen LogP contribution in [0.5, 0.6) is 0 Å². The van der Waals surface area contributed by atoms with Crippen LogP contribution < -0.4 is 5.32 Å². The molecule has 1 aliphatic heterocycles. The van der Waals surface area contributed by atoms with E-state index in [9.17, 15) is 9.59 Å². The number of rotatable bonds is 3. The van der Waals surface area contributed by atoms with Gasteiger partial charge in [0.25, 0.3) is 0 Å². The van der Waals surface area contributed by atoms with Gasteiger partial charge in [0, 0.05) is 13.1 Å². The molecule has 0 saturated heterocycles. The molecule has 21 heavy (non-hydrogen) atoms. The Balaban J connectivity index is 2.69. The normalized spacial score (nSPS) is 17.3. The Labute approximate surface area is 127 Å². The van der Waals surface area contributed by atoms with Gasteiger partial charge in [0.05, 0.1) is 0 Å². The van der Waals surface area contributed by atoms with E-state index in [0.29, 0.717) is 13.1 Å². The average Bonchev–Trinajstić information content (AvgIpc) is 2.33. The first-order valence-corrected chi connectivity index (χ1v) is 7.54. The Morgan fingerprint density at radius 2 is 1.95 bits per heavy atom. The number of amides is 2. The lowest BCUT2D eigenvalue weighted by atomic mass is 10.0. The molecule has 120 valence electrons. The molecular weight excluding hydrogens is 268 g/mol. The summed E-state index contributed by atoms with van der Waals surface area (Å²) < 4.78 is 5.24. The lowest BCUT2D eigenvalue weighted by Gasteiger charge is -2.32. The van der Waals surface area contributed by atoms with Gasteiger partial charge in [-0.05, 0) is 40.0 Å². The first-order valence-electron chi connectivity index (χ1n) is 7.54. The van der Waals surface area contributed by atoms with Crippen LogP contribution in [-0.4, -0.2) is 41.6 Å². The molecule has 0 aromatic rings. The fraction of sp³-hybridized carbons (Fsp3) is 0.750. The van der Waals surface area contributed by atoms with Gasteiger partial charge in [-0.2, -0.15) is 0 Å². The Bertz CT molecular complexity index is 422. The SMILES string of the molecule is CC1=CCN(C(=O)[C@@H](NC(=O)OC(C)(C)C)C(C)C)CC1. The summed E-state index contributed by atoms with van der Waals surface area (Å²) in [5.74, 6) is -0.0309. The van der Waals surface area contributed by atoms with Gasteiger partial charge in [-0.1, -0.05) is 25.5 Å². The van der Waals surface area contributed by atoms with Gasteiger partial charge in [0.15, 0.2) is 0 Å². The molecule has 0 aromatic heterocycles. The zero-order chi connectivity index (χ0) is 16.2. The van der Waals surface area contributed by atoms with Gasteiger partial charge < -0.3 is 15.0 Å². The highest BCUT2D eigenvalue weighted by atomic mass is 16.6. The predicted octanol–water partition coefficient (Wildman–Crippen LogP) is 2.71. The van der Waals surface area contributed by atoms with E-state index in [1.807, 2.05) is 13.8 Å². The topological polar surface area (TPSA) is 58.6 Å². The maximum absolute atomic E-state index is 12.6. The van der Waals surface area contributed by atoms with Crippen LogP contribution >= 0.6 is 0 Å². The molecule has 0 fully saturated rings. The third-order valence-electron chi connectivity index (χ3n) is 3.35. The highest BCUT2D eigenvalue weighted by Crippen LogP contribution is 2.14. The van der Waals surface area contributed by atoms with Crippen molar-refractivity contribution in [1.82, 2.24) is 10.2 Å². The summed E-state index contributed by atoms with van der Waals surface area (Å²) in [5, 5.41) is 2.71. The molecule has 0 radical (unpaired) electrons. The summed E-state index contributed by atoms with van der Waals surface area (Å²) in [4.78, 5) is 26.3. The molecule has 0 saturated carbocycles. The number of carbonyl (C=O) groups is 2. The quantitative estimate of drug-likeness (QED) is 0.815. The summed E-state index contributed by atoms with van der Waals surface area (Å²) in [7, 11) is 0. The van der Waals surface area contributed by atoms with Gasteiger partial charge in [0.2, 0.25) is 5.91 Å². The van der Waals surface area contributed by atoms with Crippen molar-refractivity contribution in [3.05, 3.63) is 11.6 Å². The highest BCUT2D eigenvalue weighted by molar-refractivity contribution is 5.86. The van der Waals surface area contributed by atoms with E-state index in [0.717, 1.165) is 6.42 Å². The third kappa shape index (κ3) is 5.78. The second kappa shape index (κ2) is 6.96. The van der Waals surface area contributed by atoms with Crippen molar-refractivity contribution < 1.29 is 14.3 Å². The Morgan fingerprint density at radius 3 is 2.38 bits per heavy atom. The Hall–Kier alpha value is -1.52. The Morgan fingerprint density at radius 1 is 1.33 bits per heavy atom. The fourth-order valence-corrected chi connectivity index (χ4v) is 2.12. The molecule has 0 unspecified atom stereocenters. The predicted molar refractivity (Wildman–Crippen MR) is 82.9 cm³/mol. The number of hydrogen-bond donors (Lipinski definition) is 1. The summed E-state index contributed by atoms with van der Waals surface area (Å²) in [6.45, 7) is 12.6. The van der Waals surface area contributed by atoms with Crippen molar-refractivity contribution in [3.63, 3.8) is 0 Å². The standard InChI is InChI=1S/C16H28N2O3/c1-11(2)13(17-15(20)21-16(4,5)6)14(19)18-9-7-12(3)8-10-18/h7,11,13H,8-10H2,1-6H3,(H,17,20)/t13-/m0/s1. The van der Waals surface area contributed by atoms with Crippen LogP contribution in [-0.2, 0) is 9.53 Å². The molecule has 0 aliphatic carbocycles. The molecule has 0 spiro atoms. The number of alkyl carbamates (subject to hydrolysis) is 1. The minimum absolute atomic E-state index is 0.0111. The van der Waals surface area contributed by atoms with Crippen molar-refractivity contribution in [1.29, 1.82) is 0 Å². The van der Waals surface area contributed by atoms with Crippen LogP contribution in [0.4, 0.5) is 4.79 Å². The van der Waals surface area contributed by atoms with Crippen LogP contribution in [0.2, 0.25) is 0 Å². The molecule has 1 heterocycles. The summed E-state index contributed by atoms with van der Waals surface area (Å²) >= 11 is 0. The van der Waals surface area contributed by atoms with Crippen molar-refractivity contribution in [2.24, 2.45) is 5.92 Å². The summed E-state index contributed by atoms with van der Waals surface area (Å²) in [5.41, 5.74) is 0.736. The maximum atomic E-state index is 12.6. The smallest absolute Gasteiger partial charge is 0.408 e. The van der Waals surface area contributed by atoms with E-state index in [1.54, 1.807) is 25.7 Å². The van der Waals surface area contributed by atoms with Crippen molar-refractivity contribution in [2.75, 3.05) is 13.1 Å². The van der Waals surface area contributed by atoms with E-state index >= 15 is 0 Å². The van der Waals surface area contributed by atoms with Crippen LogP contribution in [0.1, 0.15) is 48.0 Å². The monoisotopic (exact) mass is 296 g/mol. The fourth-order valence-electron chi connectivity index (χ4n) is 2.12. The van der Waals surface area contributed by atoms with Gasteiger partial charge in [-0.3, -0.25) is 4.79 Å². The second-order valence-electron chi connectivity index (χ2n) is 6.95. The third-order valence-corrected chi connectivity index (χ3v) is 3.35. The van der Waals surface area contributed by atoms with E-state index in [-0.39, 0.29) is 11.8 Å². The molecule has 1 atom stereocenters. The lowest BCUT2D eigenvalue weighted by Crippen LogP contribution is -2.52. The first-order chi connectivity index (χ1) is 9.60. The average molecular weight is 296 g/mol. The molecule has 2 amide bonds. The first kappa shape index (κ1) is 17.5. The van der Waals surface area contributed by atoms with Gasteiger partial charge in [-0.25, -0.2) is 4.79 Å². The van der Waals surface area contributed by atoms with Crippen LogP contribution in [0.3, 0.4) is 0 Å². The minimum Gasteiger partial charge on any atom is -0.444 e. The second-order valence-corrected chi connectivity index (χ2v) is 6.95. The number of nitrogens with one attached hydrogen (secondary N) is 1. The van der Waals surface area contributed by atoms with E-state index in [1.165, 1.54) is 5.57 Å². The summed E-state index contributed by atoms with van der Waals surface area (Å²) in [6, 6.07) is -0.549. The van der Waals surface area contributed by atoms with Crippen molar-refractivity contribution >= 4 is 12.0 Å². The molecule has 1 aliphatic rings. The van der Waals surface area contributed by atoms with Crippen molar-refractivity contribution in [2.45, 2.75) is 59.6 Å². The molecular formula is C16H28N2O3. The zero-order valence-corrected chi connectivity index (χ0v) is 14.0. The van der Waals surface area contributed by atoms with Gasteiger partial charge >= 0.3 is 6.09 Å². The number of carbonyl (C=O) groups excluding carboxylic acids is 2. The molecule has 0 aromatic carbocycles. The highest BCUT2D eigenvalue weighted by Gasteiger charge is 2.30. The lowest BCUT2D eigenvalue weighted by molar-refractivity contribution is -0.134. The number of ether oxygens (including phenoxy) is 1. The van der Waals surface area contributed by atoms with Crippen LogP contribution in [0.25, 0.3) is 0 Å². The number of hydrogen-bond acceptors (Lipinski definition) is 3. The summed E-state index contributed by atoms with van der Waals surface area (Å²) in [6.07, 6.45) is 2.41. The number of nitrogens with zero attached hydrogens (tertiary/aromatic N) is 1. The molecule has 1 N–H and O–H groups in total. The Kier molecular flexibility index (Phi) is 5.81. The molecule has 5 nitrogen and oxygen atoms in total. The molecule has 0 bridgehead atoms. The largest absolute Gasteiger partial charge is 0.444 e. The van der Waals surface area contributed by atoms with Crippen LogP contribution in [0, 0.1) is 5.92 Å². The zero-order valence-electron chi connectivity index (χ0n) is 14.0. The van der Waals surface area contributed by atoms with E-state index in [4.69, 9.17) is 4.74 Å². The molecule has 1 rings (SSSR count). The van der Waals surface area contributed by atoms with Gasteiger partial charge in [-0.15, -0.1) is 0 Å².